The van der Waals surface area contributed by atoms with Crippen molar-refractivity contribution in [2.75, 3.05) is 13.1 Å². The van der Waals surface area contributed by atoms with Crippen LogP contribution in [0.15, 0.2) is 30.3 Å². The summed E-state index contributed by atoms with van der Waals surface area (Å²) in [6, 6.07) is 4.61. The van der Waals surface area contributed by atoms with Gasteiger partial charge < -0.3 is 37.8 Å². The number of benzene rings is 1. The molecule has 1 heterocycles. The summed E-state index contributed by atoms with van der Waals surface area (Å²) >= 11 is 0. The van der Waals surface area contributed by atoms with E-state index in [1.54, 1.807) is 30.3 Å². The summed E-state index contributed by atoms with van der Waals surface area (Å²) in [5.41, 5.74) is 17.4. The topological polar surface area (TPSA) is 211 Å². The standard InChI is InChI=1S/C24H36N6O6/c25-11-5-4-9-16(26)23(34)30-12-6-10-19(30)22(33)28-17(13-15-7-2-1-3-8-15)21(32)29-18(24(35)36)14-20(27)31/h1-3,7-8,16-19H,4-6,9-14,25-26H2,(H2,27,31)(H,28,33)(H,29,32)(H,35,36). The summed E-state index contributed by atoms with van der Waals surface area (Å²) < 4.78 is 0. The molecule has 12 heteroatoms. The molecule has 198 valence electrons. The van der Waals surface area contributed by atoms with Gasteiger partial charge in [0.15, 0.2) is 0 Å². The number of carbonyl (C=O) groups excluding carboxylic acids is 4. The van der Waals surface area contributed by atoms with Crippen molar-refractivity contribution in [3.63, 3.8) is 0 Å². The number of aliphatic carboxylic acids is 1. The van der Waals surface area contributed by atoms with Gasteiger partial charge in [-0.2, -0.15) is 0 Å². The highest BCUT2D eigenvalue weighted by atomic mass is 16.4. The molecule has 0 aromatic heterocycles. The van der Waals surface area contributed by atoms with Crippen molar-refractivity contribution in [3.05, 3.63) is 35.9 Å². The molecule has 0 aliphatic carbocycles. The summed E-state index contributed by atoms with van der Waals surface area (Å²) in [7, 11) is 0. The number of amides is 4. The van der Waals surface area contributed by atoms with E-state index in [0.717, 1.165) is 12.0 Å². The van der Waals surface area contributed by atoms with Crippen molar-refractivity contribution in [3.8, 4) is 0 Å². The van der Waals surface area contributed by atoms with Crippen LogP contribution in [0.1, 0.15) is 44.1 Å². The van der Waals surface area contributed by atoms with Gasteiger partial charge in [0.2, 0.25) is 23.6 Å². The number of likely N-dealkylation sites (tertiary alicyclic amines) is 1. The summed E-state index contributed by atoms with van der Waals surface area (Å²) in [6.45, 7) is 0.874. The van der Waals surface area contributed by atoms with Gasteiger partial charge in [0, 0.05) is 13.0 Å². The monoisotopic (exact) mass is 504 g/mol. The van der Waals surface area contributed by atoms with Crippen LogP contribution in [0.4, 0.5) is 0 Å². The van der Waals surface area contributed by atoms with Crippen LogP contribution >= 0.6 is 0 Å². The Kier molecular flexibility index (Phi) is 11.3. The average Bonchev–Trinajstić information content (AvgIpc) is 3.33. The molecule has 0 bridgehead atoms. The Morgan fingerprint density at radius 2 is 1.75 bits per heavy atom. The minimum Gasteiger partial charge on any atom is -0.480 e. The van der Waals surface area contributed by atoms with E-state index in [-0.39, 0.29) is 12.3 Å². The van der Waals surface area contributed by atoms with E-state index in [9.17, 15) is 29.1 Å². The van der Waals surface area contributed by atoms with Gasteiger partial charge in [-0.1, -0.05) is 36.8 Å². The fourth-order valence-electron chi connectivity index (χ4n) is 4.15. The first-order valence-electron chi connectivity index (χ1n) is 12.1. The Morgan fingerprint density at radius 3 is 2.36 bits per heavy atom. The number of nitrogens with zero attached hydrogens (tertiary/aromatic N) is 1. The minimum atomic E-state index is -1.54. The molecular formula is C24H36N6O6. The van der Waals surface area contributed by atoms with Crippen LogP contribution in [-0.4, -0.2) is 76.9 Å². The van der Waals surface area contributed by atoms with Crippen LogP contribution in [0, 0.1) is 0 Å². The van der Waals surface area contributed by atoms with E-state index in [4.69, 9.17) is 17.2 Å². The fraction of sp³-hybridized carbons (Fsp3) is 0.542. The molecule has 0 spiro atoms. The lowest BCUT2D eigenvalue weighted by atomic mass is 10.0. The molecule has 4 unspecified atom stereocenters. The molecule has 0 saturated carbocycles. The molecular weight excluding hydrogens is 468 g/mol. The number of hydrogen-bond donors (Lipinski definition) is 6. The van der Waals surface area contributed by atoms with Crippen LogP contribution in [0.25, 0.3) is 0 Å². The highest BCUT2D eigenvalue weighted by Gasteiger charge is 2.38. The van der Waals surface area contributed by atoms with Gasteiger partial charge >= 0.3 is 5.97 Å². The summed E-state index contributed by atoms with van der Waals surface area (Å²) in [5.74, 6) is -3.97. The van der Waals surface area contributed by atoms with Gasteiger partial charge in [-0.25, -0.2) is 4.79 Å². The molecule has 1 fully saturated rings. The molecule has 12 nitrogen and oxygen atoms in total. The zero-order valence-electron chi connectivity index (χ0n) is 20.2. The number of carbonyl (C=O) groups is 5. The third-order valence-corrected chi connectivity index (χ3v) is 6.06. The van der Waals surface area contributed by atoms with Crippen LogP contribution in [0.2, 0.25) is 0 Å². The Bertz CT molecular complexity index is 927. The van der Waals surface area contributed by atoms with E-state index in [1.807, 2.05) is 0 Å². The van der Waals surface area contributed by atoms with Gasteiger partial charge in [0.1, 0.15) is 18.1 Å². The van der Waals surface area contributed by atoms with Gasteiger partial charge in [-0.05, 0) is 37.8 Å². The quantitative estimate of drug-likeness (QED) is 0.166. The number of unbranched alkanes of at least 4 members (excludes halogenated alkanes) is 1. The van der Waals surface area contributed by atoms with Crippen LogP contribution in [-0.2, 0) is 30.4 Å². The predicted octanol–water partition coefficient (Wildman–Crippen LogP) is -1.39. The SMILES string of the molecule is NCCCCC(N)C(=O)N1CCCC1C(=O)NC(Cc1ccccc1)C(=O)NC(CC(N)=O)C(=O)O. The second-order valence-corrected chi connectivity index (χ2v) is 8.90. The fourth-order valence-corrected chi connectivity index (χ4v) is 4.15. The minimum absolute atomic E-state index is 0.0700. The Labute approximate surface area is 209 Å². The summed E-state index contributed by atoms with van der Waals surface area (Å²) in [6.07, 6.45) is 2.38. The Morgan fingerprint density at radius 1 is 1.06 bits per heavy atom. The second-order valence-electron chi connectivity index (χ2n) is 8.90. The second kappa shape index (κ2) is 14.1. The van der Waals surface area contributed by atoms with Gasteiger partial charge in [-0.15, -0.1) is 0 Å². The molecule has 36 heavy (non-hydrogen) atoms. The zero-order chi connectivity index (χ0) is 26.7. The first kappa shape index (κ1) is 28.7. The first-order chi connectivity index (χ1) is 17.1. The van der Waals surface area contributed by atoms with Crippen LogP contribution in [0.5, 0.6) is 0 Å². The maximum atomic E-state index is 13.2. The van der Waals surface area contributed by atoms with Crippen LogP contribution < -0.4 is 27.8 Å². The van der Waals surface area contributed by atoms with E-state index in [0.29, 0.717) is 38.8 Å². The summed E-state index contributed by atoms with van der Waals surface area (Å²) in [4.78, 5) is 63.3. The zero-order valence-corrected chi connectivity index (χ0v) is 20.2. The van der Waals surface area contributed by atoms with Crippen molar-refractivity contribution in [2.24, 2.45) is 17.2 Å². The Hall–Kier alpha value is -3.51. The molecule has 2 rings (SSSR count). The smallest absolute Gasteiger partial charge is 0.326 e. The van der Waals surface area contributed by atoms with E-state index in [2.05, 4.69) is 10.6 Å². The molecule has 4 atom stereocenters. The molecule has 1 aromatic carbocycles. The maximum absolute atomic E-state index is 13.2. The molecule has 0 radical (unpaired) electrons. The molecule has 1 aliphatic heterocycles. The van der Waals surface area contributed by atoms with E-state index >= 15 is 0 Å². The number of primary amides is 1. The molecule has 1 aromatic rings. The maximum Gasteiger partial charge on any atom is 0.326 e. The molecule has 1 saturated heterocycles. The highest BCUT2D eigenvalue weighted by molar-refractivity contribution is 5.95. The van der Waals surface area contributed by atoms with Crippen molar-refractivity contribution < 1.29 is 29.1 Å². The Balaban J connectivity index is 2.15. The number of nitrogens with one attached hydrogen (secondary N) is 2. The number of rotatable bonds is 14. The van der Waals surface area contributed by atoms with E-state index in [1.165, 1.54) is 4.90 Å². The number of nitrogens with two attached hydrogens (primary N) is 3. The van der Waals surface area contributed by atoms with Crippen molar-refractivity contribution in [2.45, 2.75) is 69.1 Å². The van der Waals surface area contributed by atoms with Gasteiger partial charge in [-0.3, -0.25) is 19.2 Å². The normalized spacial score (nSPS) is 17.6. The first-order valence-corrected chi connectivity index (χ1v) is 12.1. The van der Waals surface area contributed by atoms with Crippen molar-refractivity contribution >= 4 is 29.6 Å². The lowest BCUT2D eigenvalue weighted by Crippen LogP contribution is -2.57. The van der Waals surface area contributed by atoms with Gasteiger partial charge in [0.05, 0.1) is 12.5 Å². The largest absolute Gasteiger partial charge is 0.480 e. The number of carboxylic acid groups (broad SMARTS) is 1. The van der Waals surface area contributed by atoms with Crippen molar-refractivity contribution in [1.29, 1.82) is 0 Å². The lowest BCUT2D eigenvalue weighted by Gasteiger charge is -2.28. The number of hydrogen-bond acceptors (Lipinski definition) is 7. The third kappa shape index (κ3) is 8.61. The third-order valence-electron chi connectivity index (χ3n) is 6.06. The summed E-state index contributed by atoms with van der Waals surface area (Å²) in [5, 5.41) is 14.3. The predicted molar refractivity (Wildman–Crippen MR) is 131 cm³/mol. The van der Waals surface area contributed by atoms with Gasteiger partial charge in [0.25, 0.3) is 0 Å². The number of carboxylic acids is 1. The van der Waals surface area contributed by atoms with Crippen LogP contribution in [0.3, 0.4) is 0 Å². The average molecular weight is 505 g/mol. The van der Waals surface area contributed by atoms with Crippen molar-refractivity contribution in [1.82, 2.24) is 15.5 Å². The molecule has 1 aliphatic rings. The van der Waals surface area contributed by atoms with E-state index < -0.39 is 54.3 Å². The molecule has 9 N–H and O–H groups in total. The molecule has 4 amide bonds. The highest BCUT2D eigenvalue weighted by Crippen LogP contribution is 2.20. The lowest BCUT2D eigenvalue weighted by molar-refractivity contribution is -0.144.